The molecule has 1 aliphatic rings. The minimum absolute atomic E-state index is 0.0539. The van der Waals surface area contributed by atoms with Crippen molar-refractivity contribution in [3.05, 3.63) is 0 Å². The van der Waals surface area contributed by atoms with Crippen LogP contribution in [0.2, 0.25) is 0 Å². The predicted octanol–water partition coefficient (Wildman–Crippen LogP) is -1.77. The Morgan fingerprint density at radius 2 is 2.12 bits per heavy atom. The highest BCUT2D eigenvalue weighted by atomic mass is 32.2. The van der Waals surface area contributed by atoms with E-state index >= 15 is 0 Å². The van der Waals surface area contributed by atoms with Gasteiger partial charge in [0.15, 0.2) is 9.84 Å². The van der Waals surface area contributed by atoms with E-state index in [4.69, 9.17) is 0 Å². The third kappa shape index (κ3) is 5.00. The fourth-order valence-electron chi connectivity index (χ4n) is 1.51. The van der Waals surface area contributed by atoms with Crippen LogP contribution in [0.15, 0.2) is 0 Å². The maximum Gasteiger partial charge on any atom is 0.235 e. The molecule has 0 aromatic heterocycles. The van der Waals surface area contributed by atoms with Crippen LogP contribution in [-0.2, 0) is 24.7 Å². The topological polar surface area (TPSA) is 109 Å². The third-order valence-electron chi connectivity index (χ3n) is 2.38. The summed E-state index contributed by atoms with van der Waals surface area (Å²) < 4.78 is 46.7. The Hall–Kier alpha value is -0.670. The SMILES string of the molecule is CCS(=O)(=O)NC(=O)CC1CS(=O)(=O)CCN1. The van der Waals surface area contributed by atoms with E-state index in [0.717, 1.165) is 0 Å². The lowest BCUT2D eigenvalue weighted by atomic mass is 10.2. The van der Waals surface area contributed by atoms with E-state index < -0.39 is 31.8 Å². The molecule has 17 heavy (non-hydrogen) atoms. The fraction of sp³-hybridized carbons (Fsp3) is 0.875. The normalized spacial score (nSPS) is 24.2. The number of rotatable bonds is 4. The second kappa shape index (κ2) is 5.32. The van der Waals surface area contributed by atoms with E-state index in [2.05, 4.69) is 5.32 Å². The highest BCUT2D eigenvalue weighted by Crippen LogP contribution is 2.05. The molecular weight excluding hydrogens is 268 g/mol. The van der Waals surface area contributed by atoms with Gasteiger partial charge in [-0.2, -0.15) is 0 Å². The van der Waals surface area contributed by atoms with Crippen LogP contribution < -0.4 is 10.0 Å². The zero-order valence-electron chi connectivity index (χ0n) is 9.47. The number of hydrogen-bond acceptors (Lipinski definition) is 6. The van der Waals surface area contributed by atoms with E-state index in [1.54, 1.807) is 0 Å². The van der Waals surface area contributed by atoms with Gasteiger partial charge in [0.05, 0.1) is 17.3 Å². The summed E-state index contributed by atoms with van der Waals surface area (Å²) in [6, 6.07) is -0.513. The molecule has 1 rings (SSSR count). The Kier molecular flexibility index (Phi) is 4.50. The quantitative estimate of drug-likeness (QED) is 0.632. The van der Waals surface area contributed by atoms with E-state index in [-0.39, 0.29) is 23.7 Å². The van der Waals surface area contributed by atoms with Gasteiger partial charge in [0.25, 0.3) is 0 Å². The van der Waals surface area contributed by atoms with Gasteiger partial charge < -0.3 is 5.32 Å². The largest absolute Gasteiger partial charge is 0.311 e. The first kappa shape index (κ1) is 14.4. The molecule has 1 unspecified atom stereocenters. The van der Waals surface area contributed by atoms with Crippen molar-refractivity contribution in [1.82, 2.24) is 10.0 Å². The molecule has 2 N–H and O–H groups in total. The number of sulfonamides is 1. The lowest BCUT2D eigenvalue weighted by Gasteiger charge is -2.22. The molecule has 7 nitrogen and oxygen atoms in total. The zero-order valence-corrected chi connectivity index (χ0v) is 11.1. The minimum Gasteiger partial charge on any atom is -0.311 e. The van der Waals surface area contributed by atoms with Gasteiger partial charge in [-0.05, 0) is 6.92 Å². The molecule has 0 saturated carbocycles. The summed E-state index contributed by atoms with van der Waals surface area (Å²) in [4.78, 5) is 11.4. The summed E-state index contributed by atoms with van der Waals surface area (Å²) in [6.07, 6.45) is -0.154. The molecule has 1 aliphatic heterocycles. The van der Waals surface area contributed by atoms with E-state index in [0.29, 0.717) is 6.54 Å². The number of nitrogens with one attached hydrogen (secondary N) is 2. The van der Waals surface area contributed by atoms with Crippen LogP contribution in [-0.4, -0.2) is 52.6 Å². The van der Waals surface area contributed by atoms with Crippen LogP contribution in [0.3, 0.4) is 0 Å². The molecule has 1 heterocycles. The van der Waals surface area contributed by atoms with Crippen molar-refractivity contribution in [1.29, 1.82) is 0 Å². The average molecular weight is 284 g/mol. The molecule has 0 aromatic rings. The molecule has 9 heteroatoms. The van der Waals surface area contributed by atoms with Crippen molar-refractivity contribution in [3.8, 4) is 0 Å². The van der Waals surface area contributed by atoms with Gasteiger partial charge >= 0.3 is 0 Å². The second-order valence-electron chi connectivity index (χ2n) is 3.90. The third-order valence-corrected chi connectivity index (χ3v) is 5.42. The summed E-state index contributed by atoms with van der Waals surface area (Å²) in [5.41, 5.74) is 0. The molecule has 0 radical (unpaired) electrons. The van der Waals surface area contributed by atoms with E-state index in [9.17, 15) is 21.6 Å². The average Bonchev–Trinajstić information content (AvgIpc) is 2.14. The first-order valence-electron chi connectivity index (χ1n) is 5.21. The highest BCUT2D eigenvalue weighted by molar-refractivity contribution is 7.91. The van der Waals surface area contributed by atoms with Crippen LogP contribution >= 0.6 is 0 Å². The zero-order chi connectivity index (χ0) is 13.1. The fourth-order valence-corrected chi connectivity index (χ4v) is 3.53. The lowest BCUT2D eigenvalue weighted by molar-refractivity contribution is -0.119. The van der Waals surface area contributed by atoms with Crippen LogP contribution in [0, 0.1) is 0 Å². The predicted molar refractivity (Wildman–Crippen MR) is 62.7 cm³/mol. The van der Waals surface area contributed by atoms with Gasteiger partial charge in [0.2, 0.25) is 15.9 Å². The summed E-state index contributed by atoms with van der Waals surface area (Å²) in [7, 11) is -6.69. The maximum absolute atomic E-state index is 11.4. The summed E-state index contributed by atoms with van der Waals surface area (Å²) >= 11 is 0. The van der Waals surface area contributed by atoms with Gasteiger partial charge in [0.1, 0.15) is 0 Å². The van der Waals surface area contributed by atoms with Crippen LogP contribution in [0.4, 0.5) is 0 Å². The molecule has 0 spiro atoms. The standard InChI is InChI=1S/C8H16N2O5S2/c1-2-17(14,15)10-8(11)5-7-6-16(12,13)4-3-9-7/h7,9H,2-6H2,1H3,(H,10,11). The van der Waals surface area contributed by atoms with Crippen LogP contribution in [0.1, 0.15) is 13.3 Å². The summed E-state index contributed by atoms with van der Waals surface area (Å²) in [5, 5.41) is 2.87. The molecule has 1 fully saturated rings. The number of hydrogen-bond donors (Lipinski definition) is 2. The van der Waals surface area contributed by atoms with Crippen molar-refractivity contribution in [3.63, 3.8) is 0 Å². The molecule has 100 valence electrons. The molecule has 1 amide bonds. The van der Waals surface area contributed by atoms with Gasteiger partial charge in [-0.25, -0.2) is 16.8 Å². The van der Waals surface area contributed by atoms with Crippen LogP contribution in [0.5, 0.6) is 0 Å². The Labute approximate surface area is 101 Å². The van der Waals surface area contributed by atoms with Crippen LogP contribution in [0.25, 0.3) is 0 Å². The van der Waals surface area contributed by atoms with Gasteiger partial charge in [0, 0.05) is 19.0 Å². The van der Waals surface area contributed by atoms with Crippen molar-refractivity contribution < 1.29 is 21.6 Å². The molecule has 0 aliphatic carbocycles. The second-order valence-corrected chi connectivity index (χ2v) is 8.14. The van der Waals surface area contributed by atoms with Crippen molar-refractivity contribution in [2.24, 2.45) is 0 Å². The summed E-state index contributed by atoms with van der Waals surface area (Å²) in [5.74, 6) is -0.943. The molecular formula is C8H16N2O5S2. The Morgan fingerprint density at radius 3 is 2.65 bits per heavy atom. The highest BCUT2D eigenvalue weighted by Gasteiger charge is 2.26. The Morgan fingerprint density at radius 1 is 1.47 bits per heavy atom. The monoisotopic (exact) mass is 284 g/mol. The Balaban J connectivity index is 2.52. The summed E-state index contributed by atoms with van der Waals surface area (Å²) in [6.45, 7) is 1.71. The van der Waals surface area contributed by atoms with Gasteiger partial charge in [-0.15, -0.1) is 0 Å². The molecule has 0 bridgehead atoms. The molecule has 0 aromatic carbocycles. The first-order chi connectivity index (χ1) is 7.74. The van der Waals surface area contributed by atoms with E-state index in [1.807, 2.05) is 4.72 Å². The van der Waals surface area contributed by atoms with Gasteiger partial charge in [-0.3, -0.25) is 9.52 Å². The number of carbonyl (C=O) groups is 1. The number of carbonyl (C=O) groups excluding carboxylic acids is 1. The molecule has 1 atom stereocenters. The number of sulfone groups is 1. The Bertz CT molecular complexity index is 482. The number of amides is 1. The van der Waals surface area contributed by atoms with Crippen molar-refractivity contribution >= 4 is 25.8 Å². The maximum atomic E-state index is 11.4. The van der Waals surface area contributed by atoms with E-state index in [1.165, 1.54) is 6.92 Å². The van der Waals surface area contributed by atoms with Crippen molar-refractivity contribution in [2.45, 2.75) is 19.4 Å². The minimum atomic E-state index is -3.58. The lowest BCUT2D eigenvalue weighted by Crippen LogP contribution is -2.47. The van der Waals surface area contributed by atoms with Crippen molar-refractivity contribution in [2.75, 3.05) is 23.8 Å². The smallest absolute Gasteiger partial charge is 0.235 e. The molecule has 1 saturated heterocycles. The first-order valence-corrected chi connectivity index (χ1v) is 8.68. The van der Waals surface area contributed by atoms with Gasteiger partial charge in [-0.1, -0.05) is 0 Å².